The maximum absolute atomic E-state index is 13.5. The average molecular weight is 210 g/mol. The normalized spacial score (nSPS) is 13.1. The summed E-state index contributed by atoms with van der Waals surface area (Å²) in [5.41, 5.74) is 6.39. The molecule has 0 heterocycles. The van der Waals surface area contributed by atoms with Gasteiger partial charge in [0.15, 0.2) is 0 Å². The summed E-state index contributed by atoms with van der Waals surface area (Å²) >= 11 is 0. The molecule has 0 spiro atoms. The van der Waals surface area contributed by atoms with Crippen LogP contribution >= 0.6 is 0 Å². The summed E-state index contributed by atoms with van der Waals surface area (Å²) < 4.78 is 13.5. The van der Waals surface area contributed by atoms with Crippen LogP contribution in [0, 0.1) is 5.82 Å². The van der Waals surface area contributed by atoms with Crippen molar-refractivity contribution in [3.8, 4) is 0 Å². The standard InChI is InChI=1S/C12H19FN2/c1-3-8-15(2)12(9-14)10-6-4-5-7-11(10)13/h4-7,12H,3,8-9,14H2,1-2H3. The van der Waals surface area contributed by atoms with Gasteiger partial charge in [0.1, 0.15) is 5.82 Å². The van der Waals surface area contributed by atoms with Gasteiger partial charge in [-0.1, -0.05) is 25.1 Å². The number of hydrogen-bond donors (Lipinski definition) is 1. The van der Waals surface area contributed by atoms with Crippen molar-refractivity contribution in [3.05, 3.63) is 35.6 Å². The summed E-state index contributed by atoms with van der Waals surface area (Å²) in [6.45, 7) is 3.47. The molecular formula is C12H19FN2. The van der Waals surface area contributed by atoms with Crippen molar-refractivity contribution in [1.82, 2.24) is 4.90 Å². The van der Waals surface area contributed by atoms with Crippen LogP contribution in [0.2, 0.25) is 0 Å². The van der Waals surface area contributed by atoms with Crippen molar-refractivity contribution in [2.75, 3.05) is 20.1 Å². The molecule has 0 aromatic heterocycles. The maximum Gasteiger partial charge on any atom is 0.128 e. The molecule has 0 amide bonds. The topological polar surface area (TPSA) is 29.3 Å². The lowest BCUT2D eigenvalue weighted by Crippen LogP contribution is -2.31. The van der Waals surface area contributed by atoms with Crippen LogP contribution in [0.1, 0.15) is 24.9 Å². The van der Waals surface area contributed by atoms with Gasteiger partial charge in [0.2, 0.25) is 0 Å². The molecule has 1 atom stereocenters. The predicted octanol–water partition coefficient (Wildman–Crippen LogP) is 2.17. The van der Waals surface area contributed by atoms with Crippen LogP contribution in [0.3, 0.4) is 0 Å². The van der Waals surface area contributed by atoms with Crippen LogP contribution in [0.5, 0.6) is 0 Å². The zero-order chi connectivity index (χ0) is 11.3. The summed E-state index contributed by atoms with van der Waals surface area (Å²) in [6, 6.07) is 6.82. The molecule has 1 aromatic carbocycles. The smallest absolute Gasteiger partial charge is 0.128 e. The second-order valence-corrected chi connectivity index (χ2v) is 3.75. The first kappa shape index (κ1) is 12.1. The lowest BCUT2D eigenvalue weighted by Gasteiger charge is -2.27. The molecule has 0 saturated heterocycles. The molecule has 2 N–H and O–H groups in total. The average Bonchev–Trinajstić information content (AvgIpc) is 2.22. The molecule has 0 bridgehead atoms. The molecule has 0 aliphatic carbocycles. The lowest BCUT2D eigenvalue weighted by molar-refractivity contribution is 0.245. The van der Waals surface area contributed by atoms with Gasteiger partial charge in [0.05, 0.1) is 0 Å². The minimum atomic E-state index is -0.170. The molecule has 1 rings (SSSR count). The second-order valence-electron chi connectivity index (χ2n) is 3.75. The number of nitrogens with two attached hydrogens (primary N) is 1. The van der Waals surface area contributed by atoms with Gasteiger partial charge in [-0.25, -0.2) is 4.39 Å². The Morgan fingerprint density at radius 3 is 2.60 bits per heavy atom. The summed E-state index contributed by atoms with van der Waals surface area (Å²) in [5.74, 6) is -0.170. The van der Waals surface area contributed by atoms with Gasteiger partial charge in [-0.05, 0) is 26.1 Å². The minimum absolute atomic E-state index is 0.0221. The monoisotopic (exact) mass is 210 g/mol. The van der Waals surface area contributed by atoms with E-state index in [-0.39, 0.29) is 11.9 Å². The number of likely N-dealkylation sites (N-methyl/N-ethyl adjacent to an activating group) is 1. The zero-order valence-corrected chi connectivity index (χ0v) is 9.41. The Morgan fingerprint density at radius 1 is 1.40 bits per heavy atom. The molecule has 84 valence electrons. The molecule has 3 heteroatoms. The van der Waals surface area contributed by atoms with E-state index in [1.165, 1.54) is 6.07 Å². The van der Waals surface area contributed by atoms with E-state index in [1.807, 2.05) is 13.1 Å². The highest BCUT2D eigenvalue weighted by Crippen LogP contribution is 2.20. The molecule has 0 radical (unpaired) electrons. The zero-order valence-electron chi connectivity index (χ0n) is 9.41. The van der Waals surface area contributed by atoms with Crippen LogP contribution in [-0.2, 0) is 0 Å². The predicted molar refractivity (Wildman–Crippen MR) is 61.1 cm³/mol. The van der Waals surface area contributed by atoms with E-state index in [9.17, 15) is 4.39 Å². The Morgan fingerprint density at radius 2 is 2.07 bits per heavy atom. The largest absolute Gasteiger partial charge is 0.329 e. The van der Waals surface area contributed by atoms with Gasteiger partial charge in [-0.15, -0.1) is 0 Å². The van der Waals surface area contributed by atoms with Gasteiger partial charge in [-0.2, -0.15) is 0 Å². The van der Waals surface area contributed by atoms with E-state index in [1.54, 1.807) is 12.1 Å². The van der Waals surface area contributed by atoms with Crippen LogP contribution < -0.4 is 5.73 Å². The van der Waals surface area contributed by atoms with E-state index in [0.29, 0.717) is 12.1 Å². The molecule has 0 saturated carbocycles. The van der Waals surface area contributed by atoms with Gasteiger partial charge >= 0.3 is 0 Å². The number of benzene rings is 1. The summed E-state index contributed by atoms with van der Waals surface area (Å²) in [7, 11) is 1.98. The molecular weight excluding hydrogens is 191 g/mol. The lowest BCUT2D eigenvalue weighted by atomic mass is 10.1. The number of nitrogens with zero attached hydrogens (tertiary/aromatic N) is 1. The Hall–Kier alpha value is -0.930. The first-order chi connectivity index (χ1) is 7.20. The maximum atomic E-state index is 13.5. The number of hydrogen-bond acceptors (Lipinski definition) is 2. The van der Waals surface area contributed by atoms with Crippen LogP contribution in [-0.4, -0.2) is 25.0 Å². The molecule has 0 aliphatic heterocycles. The molecule has 15 heavy (non-hydrogen) atoms. The third kappa shape index (κ3) is 3.01. The molecule has 2 nitrogen and oxygen atoms in total. The van der Waals surface area contributed by atoms with Crippen molar-refractivity contribution in [1.29, 1.82) is 0 Å². The van der Waals surface area contributed by atoms with E-state index < -0.39 is 0 Å². The van der Waals surface area contributed by atoms with Crippen molar-refractivity contribution in [3.63, 3.8) is 0 Å². The molecule has 1 aromatic rings. The van der Waals surface area contributed by atoms with Gasteiger partial charge in [-0.3, -0.25) is 4.90 Å². The van der Waals surface area contributed by atoms with Gasteiger partial charge in [0.25, 0.3) is 0 Å². The minimum Gasteiger partial charge on any atom is -0.329 e. The summed E-state index contributed by atoms with van der Waals surface area (Å²) in [4.78, 5) is 2.10. The SMILES string of the molecule is CCCN(C)C(CN)c1ccccc1F. The molecule has 0 fully saturated rings. The first-order valence-corrected chi connectivity index (χ1v) is 5.35. The highest BCUT2D eigenvalue weighted by molar-refractivity contribution is 5.21. The quantitative estimate of drug-likeness (QED) is 0.807. The van der Waals surface area contributed by atoms with E-state index >= 15 is 0 Å². The fraction of sp³-hybridized carbons (Fsp3) is 0.500. The Labute approximate surface area is 90.9 Å². The van der Waals surface area contributed by atoms with Crippen LogP contribution in [0.4, 0.5) is 4.39 Å². The van der Waals surface area contributed by atoms with Crippen LogP contribution in [0.25, 0.3) is 0 Å². The van der Waals surface area contributed by atoms with Crippen LogP contribution in [0.15, 0.2) is 24.3 Å². The van der Waals surface area contributed by atoms with Gasteiger partial charge < -0.3 is 5.73 Å². The fourth-order valence-electron chi connectivity index (χ4n) is 1.80. The summed E-state index contributed by atoms with van der Waals surface area (Å²) in [6.07, 6.45) is 1.04. The van der Waals surface area contributed by atoms with Crippen molar-refractivity contribution in [2.45, 2.75) is 19.4 Å². The Balaban J connectivity index is 2.87. The fourth-order valence-corrected chi connectivity index (χ4v) is 1.80. The third-order valence-electron chi connectivity index (χ3n) is 2.60. The number of halogens is 1. The number of rotatable bonds is 5. The summed E-state index contributed by atoms with van der Waals surface area (Å²) in [5, 5.41) is 0. The highest BCUT2D eigenvalue weighted by Gasteiger charge is 2.17. The molecule has 1 unspecified atom stereocenters. The second kappa shape index (κ2) is 5.83. The van der Waals surface area contributed by atoms with Crippen molar-refractivity contribution < 1.29 is 4.39 Å². The van der Waals surface area contributed by atoms with Crippen molar-refractivity contribution in [2.24, 2.45) is 5.73 Å². The first-order valence-electron chi connectivity index (χ1n) is 5.35. The van der Waals surface area contributed by atoms with E-state index in [2.05, 4.69) is 11.8 Å². The third-order valence-corrected chi connectivity index (χ3v) is 2.60. The van der Waals surface area contributed by atoms with E-state index in [0.717, 1.165) is 13.0 Å². The highest BCUT2D eigenvalue weighted by atomic mass is 19.1. The van der Waals surface area contributed by atoms with E-state index in [4.69, 9.17) is 5.73 Å². The van der Waals surface area contributed by atoms with Crippen molar-refractivity contribution >= 4 is 0 Å². The van der Waals surface area contributed by atoms with Gasteiger partial charge in [0, 0.05) is 18.2 Å². The Kier molecular flexibility index (Phi) is 4.72. The molecule has 0 aliphatic rings. The Bertz CT molecular complexity index is 301.